The number of hydrogen-bond donors (Lipinski definition) is 2. The number of carbonyl (C=O) groups is 2. The smallest absolute Gasteiger partial charge is 0.262 e. The Balaban J connectivity index is 1.65. The van der Waals surface area contributed by atoms with Gasteiger partial charge in [-0.2, -0.15) is 5.26 Å². The van der Waals surface area contributed by atoms with E-state index in [4.69, 9.17) is 26.8 Å². The topological polar surface area (TPSA) is 114 Å². The number of nitriles is 1. The van der Waals surface area contributed by atoms with Crippen molar-refractivity contribution in [3.8, 4) is 11.8 Å². The molecule has 0 saturated heterocycles. The zero-order chi connectivity index (χ0) is 24.5. The van der Waals surface area contributed by atoms with Gasteiger partial charge in [0.15, 0.2) is 12.4 Å². The third kappa shape index (κ3) is 4.63. The molecule has 1 unspecified atom stereocenters. The van der Waals surface area contributed by atoms with Gasteiger partial charge in [0, 0.05) is 24.0 Å². The van der Waals surface area contributed by atoms with Crippen molar-refractivity contribution in [2.75, 3.05) is 11.9 Å². The second-order valence-corrected chi connectivity index (χ2v) is 9.46. The second-order valence-electron chi connectivity index (χ2n) is 9.06. The summed E-state index contributed by atoms with van der Waals surface area (Å²) in [5.41, 5.74) is 7.42. The number of halogens is 1. The van der Waals surface area contributed by atoms with Gasteiger partial charge in [-0.3, -0.25) is 9.59 Å². The van der Waals surface area contributed by atoms with Crippen LogP contribution in [0.1, 0.15) is 38.2 Å². The van der Waals surface area contributed by atoms with Crippen LogP contribution >= 0.6 is 11.6 Å². The van der Waals surface area contributed by atoms with Crippen molar-refractivity contribution >= 4 is 29.0 Å². The fraction of sp³-hybridized carbons (Fsp3) is 0.269. The number of para-hydroxylation sites is 2. The van der Waals surface area contributed by atoms with Gasteiger partial charge in [-0.05, 0) is 23.6 Å². The van der Waals surface area contributed by atoms with Crippen LogP contribution < -0.4 is 15.8 Å². The summed E-state index contributed by atoms with van der Waals surface area (Å²) < 4.78 is 11.6. The van der Waals surface area contributed by atoms with Crippen LogP contribution in [0.2, 0.25) is 5.02 Å². The minimum absolute atomic E-state index is 0.0250. The Morgan fingerprint density at radius 3 is 2.68 bits per heavy atom. The van der Waals surface area contributed by atoms with E-state index in [-0.39, 0.29) is 29.3 Å². The number of rotatable bonds is 5. The van der Waals surface area contributed by atoms with E-state index in [2.05, 4.69) is 11.4 Å². The number of nitrogens with zero attached hydrogens (tertiary/aromatic N) is 1. The molecule has 0 saturated carbocycles. The molecule has 8 heteroatoms. The average Bonchev–Trinajstić information content (AvgIpc) is 2.77. The highest BCUT2D eigenvalue weighted by Crippen LogP contribution is 2.49. The van der Waals surface area contributed by atoms with E-state index in [1.54, 1.807) is 48.5 Å². The molecule has 2 aromatic carbocycles. The Bertz CT molecular complexity index is 1270. The number of amides is 1. The molecule has 0 radical (unpaired) electrons. The summed E-state index contributed by atoms with van der Waals surface area (Å²) >= 11 is 6.10. The number of ether oxygens (including phenoxy) is 2. The predicted molar refractivity (Wildman–Crippen MR) is 128 cm³/mol. The SMILES string of the molecule is CC1(C)CC(=O)C2=C(C1)OC(N)=C(C#N)C2c1ccccc1OCC(=O)Nc1ccccc1Cl. The summed E-state index contributed by atoms with van der Waals surface area (Å²) in [7, 11) is 0. The highest BCUT2D eigenvalue weighted by Gasteiger charge is 2.43. The van der Waals surface area contributed by atoms with Gasteiger partial charge in [0.1, 0.15) is 23.2 Å². The minimum Gasteiger partial charge on any atom is -0.483 e. The monoisotopic (exact) mass is 477 g/mol. The molecular weight excluding hydrogens is 454 g/mol. The Morgan fingerprint density at radius 2 is 1.94 bits per heavy atom. The summed E-state index contributed by atoms with van der Waals surface area (Å²) in [5, 5.41) is 13.0. The highest BCUT2D eigenvalue weighted by molar-refractivity contribution is 6.33. The third-order valence-electron chi connectivity index (χ3n) is 5.81. The number of allylic oxidation sites excluding steroid dienone is 3. The van der Waals surface area contributed by atoms with Crippen molar-refractivity contribution in [3.05, 3.63) is 81.9 Å². The fourth-order valence-corrected chi connectivity index (χ4v) is 4.52. The van der Waals surface area contributed by atoms with Crippen molar-refractivity contribution in [2.45, 2.75) is 32.6 Å². The number of anilines is 1. The lowest BCUT2D eigenvalue weighted by atomic mass is 9.70. The Labute approximate surface area is 202 Å². The van der Waals surface area contributed by atoms with Crippen LogP contribution in [0.5, 0.6) is 5.75 Å². The van der Waals surface area contributed by atoms with Crippen LogP contribution in [-0.4, -0.2) is 18.3 Å². The highest BCUT2D eigenvalue weighted by atomic mass is 35.5. The Morgan fingerprint density at radius 1 is 1.24 bits per heavy atom. The lowest BCUT2D eigenvalue weighted by Crippen LogP contribution is -2.33. The van der Waals surface area contributed by atoms with E-state index in [0.29, 0.717) is 46.2 Å². The van der Waals surface area contributed by atoms with Crippen molar-refractivity contribution < 1.29 is 19.1 Å². The number of ketones is 1. The summed E-state index contributed by atoms with van der Waals surface area (Å²) in [5.74, 6) is -0.408. The van der Waals surface area contributed by atoms with E-state index in [1.165, 1.54) is 0 Å². The molecule has 34 heavy (non-hydrogen) atoms. The zero-order valence-electron chi connectivity index (χ0n) is 18.9. The molecule has 1 atom stereocenters. The van der Waals surface area contributed by atoms with E-state index in [0.717, 1.165) is 0 Å². The molecule has 0 bridgehead atoms. The van der Waals surface area contributed by atoms with Gasteiger partial charge in [0.25, 0.3) is 5.91 Å². The first kappa shape index (κ1) is 23.4. The Kier molecular flexibility index (Phi) is 6.36. The van der Waals surface area contributed by atoms with Crippen LogP contribution in [-0.2, 0) is 14.3 Å². The first-order valence-corrected chi connectivity index (χ1v) is 11.2. The molecular formula is C26H24ClN3O4. The van der Waals surface area contributed by atoms with Crippen molar-refractivity contribution in [1.82, 2.24) is 0 Å². The predicted octanol–water partition coefficient (Wildman–Crippen LogP) is 4.81. The molecule has 2 aliphatic rings. The summed E-state index contributed by atoms with van der Waals surface area (Å²) in [6.07, 6.45) is 0.848. The van der Waals surface area contributed by atoms with Crippen molar-refractivity contribution in [2.24, 2.45) is 11.1 Å². The maximum absolute atomic E-state index is 13.2. The summed E-state index contributed by atoms with van der Waals surface area (Å²) in [6, 6.07) is 16.0. The van der Waals surface area contributed by atoms with E-state index >= 15 is 0 Å². The molecule has 4 rings (SSSR count). The van der Waals surface area contributed by atoms with E-state index < -0.39 is 11.8 Å². The Hall–Kier alpha value is -3.76. The van der Waals surface area contributed by atoms with Crippen LogP contribution in [0.25, 0.3) is 0 Å². The fourth-order valence-electron chi connectivity index (χ4n) is 4.34. The molecule has 1 heterocycles. The van der Waals surface area contributed by atoms with Gasteiger partial charge in [-0.15, -0.1) is 0 Å². The quantitative estimate of drug-likeness (QED) is 0.638. The van der Waals surface area contributed by atoms with Crippen LogP contribution in [0, 0.1) is 16.7 Å². The number of carbonyl (C=O) groups excluding carboxylic acids is 2. The van der Waals surface area contributed by atoms with E-state index in [1.807, 2.05) is 13.8 Å². The number of hydrogen-bond acceptors (Lipinski definition) is 6. The first-order chi connectivity index (χ1) is 16.2. The zero-order valence-corrected chi connectivity index (χ0v) is 19.6. The van der Waals surface area contributed by atoms with Crippen molar-refractivity contribution in [3.63, 3.8) is 0 Å². The number of Topliss-reactive ketones (excluding diaryl/α,β-unsaturated/α-hetero) is 1. The number of nitrogens with one attached hydrogen (secondary N) is 1. The molecule has 0 spiro atoms. The number of nitrogens with two attached hydrogens (primary N) is 1. The molecule has 0 aromatic heterocycles. The summed E-state index contributed by atoms with van der Waals surface area (Å²) in [6.45, 7) is 3.68. The van der Waals surface area contributed by atoms with Gasteiger partial charge in [-0.1, -0.05) is 55.8 Å². The second kappa shape index (κ2) is 9.24. The number of benzene rings is 2. The average molecular weight is 478 g/mol. The van der Waals surface area contributed by atoms with Crippen LogP contribution in [0.15, 0.2) is 71.3 Å². The van der Waals surface area contributed by atoms with Crippen molar-refractivity contribution in [1.29, 1.82) is 5.26 Å². The molecule has 1 aliphatic carbocycles. The molecule has 2 aromatic rings. The van der Waals surface area contributed by atoms with Crippen LogP contribution in [0.3, 0.4) is 0 Å². The molecule has 3 N–H and O–H groups in total. The summed E-state index contributed by atoms with van der Waals surface area (Å²) in [4.78, 5) is 25.7. The lowest BCUT2D eigenvalue weighted by molar-refractivity contribution is -0.119. The normalized spacial score (nSPS) is 19.1. The van der Waals surface area contributed by atoms with Gasteiger partial charge < -0.3 is 20.5 Å². The molecule has 1 aliphatic heterocycles. The van der Waals surface area contributed by atoms with E-state index in [9.17, 15) is 14.9 Å². The molecule has 7 nitrogen and oxygen atoms in total. The molecule has 0 fully saturated rings. The van der Waals surface area contributed by atoms with Gasteiger partial charge in [0.05, 0.1) is 16.6 Å². The molecule has 1 amide bonds. The van der Waals surface area contributed by atoms with Gasteiger partial charge >= 0.3 is 0 Å². The maximum atomic E-state index is 13.2. The van der Waals surface area contributed by atoms with Crippen LogP contribution in [0.4, 0.5) is 5.69 Å². The molecule has 174 valence electrons. The first-order valence-electron chi connectivity index (χ1n) is 10.8. The standard InChI is InChI=1S/C26H24ClN3O4/c1-26(2)11-19(31)24-21(12-26)34-25(29)16(13-28)23(24)15-7-3-6-10-20(15)33-14-22(32)30-18-9-5-4-8-17(18)27/h3-10,23H,11-12,14,29H2,1-2H3,(H,30,32). The minimum atomic E-state index is -0.736. The third-order valence-corrected chi connectivity index (χ3v) is 6.14. The van der Waals surface area contributed by atoms with Gasteiger partial charge in [0.2, 0.25) is 5.88 Å². The maximum Gasteiger partial charge on any atom is 0.262 e. The largest absolute Gasteiger partial charge is 0.483 e. The lowest BCUT2D eigenvalue weighted by Gasteiger charge is -2.37. The van der Waals surface area contributed by atoms with Gasteiger partial charge in [-0.25, -0.2) is 0 Å².